The Balaban J connectivity index is 2.03. The first-order valence-electron chi connectivity index (χ1n) is 7.04. The van der Waals surface area contributed by atoms with Crippen molar-refractivity contribution in [3.63, 3.8) is 0 Å². The highest BCUT2D eigenvalue weighted by Gasteiger charge is 2.09. The third-order valence-electron chi connectivity index (χ3n) is 3.36. The van der Waals surface area contributed by atoms with Crippen LogP contribution in [0.25, 0.3) is 16.9 Å². The van der Waals surface area contributed by atoms with Gasteiger partial charge in [0.05, 0.1) is 19.0 Å². The van der Waals surface area contributed by atoms with Crippen LogP contribution in [0.1, 0.15) is 13.3 Å². The van der Waals surface area contributed by atoms with Gasteiger partial charge in [0, 0.05) is 24.5 Å². The maximum absolute atomic E-state index is 5.19. The molecule has 2 aromatic heterocycles. The van der Waals surface area contributed by atoms with E-state index >= 15 is 0 Å². The molecular weight excluding hydrogens is 264 g/mol. The number of fused-ring (bicyclic) bond motifs is 1. The molecule has 0 spiro atoms. The molecule has 108 valence electrons. The first-order valence-corrected chi connectivity index (χ1v) is 7.04. The van der Waals surface area contributed by atoms with Gasteiger partial charge in [0.2, 0.25) is 0 Å². The third kappa shape index (κ3) is 2.54. The Bertz CT molecular complexity index is 734. The number of nitrogens with zero attached hydrogens (tertiary/aromatic N) is 3. The predicted molar refractivity (Wildman–Crippen MR) is 83.8 cm³/mol. The molecule has 3 rings (SSSR count). The van der Waals surface area contributed by atoms with Crippen LogP contribution in [-0.2, 0) is 0 Å². The van der Waals surface area contributed by atoms with Crippen molar-refractivity contribution in [1.29, 1.82) is 0 Å². The molecule has 0 saturated heterocycles. The summed E-state index contributed by atoms with van der Waals surface area (Å²) in [4.78, 5) is 8.86. The summed E-state index contributed by atoms with van der Waals surface area (Å²) < 4.78 is 7.24. The second-order valence-electron chi connectivity index (χ2n) is 4.77. The van der Waals surface area contributed by atoms with Crippen molar-refractivity contribution in [2.24, 2.45) is 0 Å². The van der Waals surface area contributed by atoms with E-state index in [-0.39, 0.29) is 0 Å². The zero-order valence-electron chi connectivity index (χ0n) is 12.2. The number of ether oxygens (including phenoxy) is 1. The first kappa shape index (κ1) is 13.4. The third-order valence-corrected chi connectivity index (χ3v) is 3.36. The van der Waals surface area contributed by atoms with E-state index in [4.69, 9.17) is 4.74 Å². The van der Waals surface area contributed by atoms with Crippen molar-refractivity contribution in [1.82, 2.24) is 14.4 Å². The lowest BCUT2D eigenvalue weighted by atomic mass is 10.1. The van der Waals surface area contributed by atoms with E-state index in [2.05, 4.69) is 22.2 Å². The average Bonchev–Trinajstić information content (AvgIpc) is 2.97. The molecule has 0 aliphatic carbocycles. The van der Waals surface area contributed by atoms with Gasteiger partial charge in [-0.25, -0.2) is 9.97 Å². The maximum atomic E-state index is 5.19. The smallest absolute Gasteiger partial charge is 0.180 e. The molecule has 0 aliphatic heterocycles. The van der Waals surface area contributed by atoms with Crippen LogP contribution in [-0.4, -0.2) is 28.0 Å². The van der Waals surface area contributed by atoms with Crippen LogP contribution in [0.3, 0.4) is 0 Å². The van der Waals surface area contributed by atoms with E-state index in [1.54, 1.807) is 13.3 Å². The van der Waals surface area contributed by atoms with Crippen molar-refractivity contribution in [3.8, 4) is 17.0 Å². The molecule has 5 heteroatoms. The molecule has 1 aromatic carbocycles. The van der Waals surface area contributed by atoms with Gasteiger partial charge in [0.15, 0.2) is 11.5 Å². The monoisotopic (exact) mass is 282 g/mol. The fourth-order valence-corrected chi connectivity index (χ4v) is 2.26. The van der Waals surface area contributed by atoms with Gasteiger partial charge in [-0.05, 0) is 30.7 Å². The van der Waals surface area contributed by atoms with Gasteiger partial charge in [-0.1, -0.05) is 6.92 Å². The maximum Gasteiger partial charge on any atom is 0.180 e. The number of nitrogens with one attached hydrogen (secondary N) is 1. The van der Waals surface area contributed by atoms with E-state index < -0.39 is 0 Å². The van der Waals surface area contributed by atoms with Gasteiger partial charge in [0.25, 0.3) is 0 Å². The molecule has 2 heterocycles. The van der Waals surface area contributed by atoms with Crippen molar-refractivity contribution < 1.29 is 4.74 Å². The van der Waals surface area contributed by atoms with Crippen LogP contribution in [0.4, 0.5) is 5.82 Å². The summed E-state index contributed by atoms with van der Waals surface area (Å²) >= 11 is 0. The van der Waals surface area contributed by atoms with Crippen LogP contribution in [0, 0.1) is 0 Å². The molecular formula is C16H18N4O. The number of anilines is 1. The molecule has 0 aliphatic rings. The summed E-state index contributed by atoms with van der Waals surface area (Å²) in [6.45, 7) is 3.01. The second-order valence-corrected chi connectivity index (χ2v) is 4.77. The molecule has 0 radical (unpaired) electrons. The average molecular weight is 282 g/mol. The van der Waals surface area contributed by atoms with E-state index in [1.807, 2.05) is 41.1 Å². The fourth-order valence-electron chi connectivity index (χ4n) is 2.26. The number of benzene rings is 1. The lowest BCUT2D eigenvalue weighted by Crippen LogP contribution is -2.04. The molecule has 5 nitrogen and oxygen atoms in total. The standard InChI is InChI=1S/C16H18N4O/c1-3-8-17-15-16-19-11-14(20(16)10-9-18-15)12-4-6-13(21-2)7-5-12/h4-7,9-11H,3,8H2,1-2H3,(H,17,18). The summed E-state index contributed by atoms with van der Waals surface area (Å²) in [6, 6.07) is 7.96. The molecule has 0 saturated carbocycles. The molecule has 3 aromatic rings. The summed E-state index contributed by atoms with van der Waals surface area (Å²) in [6.07, 6.45) is 6.64. The second kappa shape index (κ2) is 5.83. The molecule has 0 fully saturated rings. The lowest BCUT2D eigenvalue weighted by molar-refractivity contribution is 0.415. The Morgan fingerprint density at radius 1 is 1.19 bits per heavy atom. The van der Waals surface area contributed by atoms with Crippen molar-refractivity contribution in [3.05, 3.63) is 42.9 Å². The number of hydrogen-bond acceptors (Lipinski definition) is 4. The normalized spacial score (nSPS) is 10.8. The number of imidazole rings is 1. The Morgan fingerprint density at radius 2 is 2.00 bits per heavy atom. The molecule has 0 amide bonds. The Hall–Kier alpha value is -2.56. The minimum absolute atomic E-state index is 0.819. The molecule has 1 N–H and O–H groups in total. The van der Waals surface area contributed by atoms with Crippen LogP contribution in [0.2, 0.25) is 0 Å². The summed E-state index contributed by atoms with van der Waals surface area (Å²) in [5.41, 5.74) is 2.97. The predicted octanol–water partition coefficient (Wildman–Crippen LogP) is 3.23. The van der Waals surface area contributed by atoms with Gasteiger partial charge >= 0.3 is 0 Å². The van der Waals surface area contributed by atoms with Crippen molar-refractivity contribution in [2.75, 3.05) is 19.0 Å². The topological polar surface area (TPSA) is 51.5 Å². The van der Waals surface area contributed by atoms with Crippen molar-refractivity contribution >= 4 is 11.5 Å². The van der Waals surface area contributed by atoms with Crippen LogP contribution in [0.5, 0.6) is 5.75 Å². The highest BCUT2D eigenvalue weighted by molar-refractivity contribution is 5.70. The van der Waals surface area contributed by atoms with E-state index in [0.29, 0.717) is 0 Å². The number of aromatic nitrogens is 3. The number of methoxy groups -OCH3 is 1. The lowest BCUT2D eigenvalue weighted by Gasteiger charge is -2.07. The van der Waals surface area contributed by atoms with Gasteiger partial charge in [-0.2, -0.15) is 0 Å². The Kier molecular flexibility index (Phi) is 3.73. The quantitative estimate of drug-likeness (QED) is 0.780. The van der Waals surface area contributed by atoms with Crippen LogP contribution >= 0.6 is 0 Å². The van der Waals surface area contributed by atoms with E-state index in [0.717, 1.165) is 41.4 Å². The number of hydrogen-bond donors (Lipinski definition) is 1. The zero-order valence-corrected chi connectivity index (χ0v) is 12.2. The van der Waals surface area contributed by atoms with Gasteiger partial charge in [-0.3, -0.25) is 4.40 Å². The first-order chi connectivity index (χ1) is 10.3. The van der Waals surface area contributed by atoms with Crippen molar-refractivity contribution in [2.45, 2.75) is 13.3 Å². The van der Waals surface area contributed by atoms with Crippen LogP contribution < -0.4 is 10.1 Å². The highest BCUT2D eigenvalue weighted by Crippen LogP contribution is 2.25. The fraction of sp³-hybridized carbons (Fsp3) is 0.250. The molecule has 0 bridgehead atoms. The van der Waals surface area contributed by atoms with Crippen LogP contribution in [0.15, 0.2) is 42.9 Å². The molecule has 0 unspecified atom stereocenters. The molecule has 21 heavy (non-hydrogen) atoms. The van der Waals surface area contributed by atoms with Gasteiger partial charge in [0.1, 0.15) is 5.75 Å². The largest absolute Gasteiger partial charge is 0.497 e. The van der Waals surface area contributed by atoms with Gasteiger partial charge in [-0.15, -0.1) is 0 Å². The van der Waals surface area contributed by atoms with Gasteiger partial charge < -0.3 is 10.1 Å². The Labute approximate surface area is 123 Å². The minimum Gasteiger partial charge on any atom is -0.497 e. The summed E-state index contributed by atoms with van der Waals surface area (Å²) in [5, 5.41) is 3.31. The van der Waals surface area contributed by atoms with E-state index in [1.165, 1.54) is 0 Å². The SMILES string of the molecule is CCCNc1nccn2c(-c3ccc(OC)cc3)cnc12. The summed E-state index contributed by atoms with van der Waals surface area (Å²) in [5.74, 6) is 1.67. The minimum atomic E-state index is 0.819. The summed E-state index contributed by atoms with van der Waals surface area (Å²) in [7, 11) is 1.67. The highest BCUT2D eigenvalue weighted by atomic mass is 16.5. The zero-order chi connectivity index (χ0) is 14.7. The van der Waals surface area contributed by atoms with E-state index in [9.17, 15) is 0 Å². The number of rotatable bonds is 5. The molecule has 0 atom stereocenters. The Morgan fingerprint density at radius 3 is 2.71 bits per heavy atom.